The van der Waals surface area contributed by atoms with E-state index in [0.29, 0.717) is 13.1 Å². The lowest BCUT2D eigenvalue weighted by Gasteiger charge is -2.06. The third-order valence-corrected chi connectivity index (χ3v) is 4.45. The summed E-state index contributed by atoms with van der Waals surface area (Å²) in [6.07, 6.45) is 4.85. The van der Waals surface area contributed by atoms with Crippen molar-refractivity contribution in [1.29, 1.82) is 0 Å². The number of rotatable bonds is 6. The van der Waals surface area contributed by atoms with Gasteiger partial charge in [-0.1, -0.05) is 60.7 Å². The van der Waals surface area contributed by atoms with Gasteiger partial charge in [-0.05, 0) is 5.56 Å². The Hall–Kier alpha value is -4.00. The van der Waals surface area contributed by atoms with Crippen molar-refractivity contribution in [2.24, 2.45) is 0 Å². The average Bonchev–Trinajstić information content (AvgIpc) is 3.16. The first-order valence-corrected chi connectivity index (χ1v) is 9.21. The topological polar surface area (TPSA) is 98.7 Å². The minimum atomic E-state index is -0.370. The van der Waals surface area contributed by atoms with Crippen LogP contribution in [0.2, 0.25) is 0 Å². The Morgan fingerprint density at radius 1 is 0.966 bits per heavy atom. The molecule has 7 heteroatoms. The van der Waals surface area contributed by atoms with E-state index < -0.39 is 0 Å². The normalized spacial score (nSPS) is 10.6. The van der Waals surface area contributed by atoms with Gasteiger partial charge in [0.25, 0.3) is 5.91 Å². The molecule has 2 aromatic heterocycles. The van der Waals surface area contributed by atoms with Crippen molar-refractivity contribution in [2.75, 3.05) is 5.73 Å². The molecular weight excluding hydrogens is 364 g/mol. The predicted molar refractivity (Wildman–Crippen MR) is 111 cm³/mol. The Balaban J connectivity index is 1.59. The number of hydrogen-bond donors (Lipinski definition) is 2. The number of aromatic nitrogens is 4. The van der Waals surface area contributed by atoms with E-state index in [2.05, 4.69) is 27.4 Å². The number of nitrogens with two attached hydrogens (primary N) is 1. The van der Waals surface area contributed by atoms with Crippen LogP contribution in [-0.2, 0) is 13.1 Å². The molecule has 0 bridgehead atoms. The van der Waals surface area contributed by atoms with E-state index in [1.165, 1.54) is 12.4 Å². The molecule has 4 rings (SSSR count). The molecule has 0 radical (unpaired) electrons. The SMILES string of the molecule is Nc1nccnc1C(=O)NCc1cn(Cc2ccccc2)nc1-c1ccccc1. The Bertz CT molecular complexity index is 1110. The zero-order valence-electron chi connectivity index (χ0n) is 15.7. The van der Waals surface area contributed by atoms with E-state index in [1.54, 1.807) is 0 Å². The van der Waals surface area contributed by atoms with Crippen molar-refractivity contribution >= 4 is 11.7 Å². The van der Waals surface area contributed by atoms with Gasteiger partial charge in [0.2, 0.25) is 0 Å². The first-order valence-electron chi connectivity index (χ1n) is 9.21. The van der Waals surface area contributed by atoms with Crippen molar-refractivity contribution in [2.45, 2.75) is 13.1 Å². The van der Waals surface area contributed by atoms with Crippen LogP contribution in [0.4, 0.5) is 5.82 Å². The second-order valence-corrected chi connectivity index (χ2v) is 6.53. The number of nitrogen functional groups attached to an aromatic ring is 1. The minimum Gasteiger partial charge on any atom is -0.382 e. The van der Waals surface area contributed by atoms with Gasteiger partial charge in [-0.3, -0.25) is 9.48 Å². The highest BCUT2D eigenvalue weighted by Crippen LogP contribution is 2.22. The van der Waals surface area contributed by atoms with E-state index in [4.69, 9.17) is 10.8 Å². The van der Waals surface area contributed by atoms with Crippen molar-refractivity contribution in [3.8, 4) is 11.3 Å². The van der Waals surface area contributed by atoms with Crippen LogP contribution >= 0.6 is 0 Å². The number of carbonyl (C=O) groups excluding carboxylic acids is 1. The summed E-state index contributed by atoms with van der Waals surface area (Å²) in [7, 11) is 0. The fourth-order valence-corrected chi connectivity index (χ4v) is 3.07. The molecule has 7 nitrogen and oxygen atoms in total. The molecule has 0 saturated heterocycles. The monoisotopic (exact) mass is 384 g/mol. The maximum Gasteiger partial charge on any atom is 0.273 e. The molecule has 0 spiro atoms. The van der Waals surface area contributed by atoms with E-state index in [1.807, 2.05) is 59.4 Å². The summed E-state index contributed by atoms with van der Waals surface area (Å²) in [5, 5.41) is 7.63. The van der Waals surface area contributed by atoms with Gasteiger partial charge in [0.1, 0.15) is 0 Å². The molecule has 0 saturated carbocycles. The molecule has 0 aliphatic carbocycles. The highest BCUT2D eigenvalue weighted by atomic mass is 16.1. The summed E-state index contributed by atoms with van der Waals surface area (Å²) in [4.78, 5) is 20.4. The van der Waals surface area contributed by atoms with E-state index >= 15 is 0 Å². The van der Waals surface area contributed by atoms with Crippen molar-refractivity contribution in [1.82, 2.24) is 25.1 Å². The van der Waals surface area contributed by atoms with Gasteiger partial charge in [-0.25, -0.2) is 9.97 Å². The molecule has 0 fully saturated rings. The van der Waals surface area contributed by atoms with Crippen molar-refractivity contribution in [3.05, 3.63) is 96.1 Å². The molecule has 0 atom stereocenters. The number of benzene rings is 2. The molecule has 2 aromatic carbocycles. The fourth-order valence-electron chi connectivity index (χ4n) is 3.07. The first kappa shape index (κ1) is 18.4. The van der Waals surface area contributed by atoms with Crippen molar-refractivity contribution < 1.29 is 4.79 Å². The molecule has 0 unspecified atom stereocenters. The summed E-state index contributed by atoms with van der Waals surface area (Å²) in [5.41, 5.74) is 9.74. The van der Waals surface area contributed by atoms with Crippen LogP contribution in [0.15, 0.2) is 79.3 Å². The Kier molecular flexibility index (Phi) is 5.29. The van der Waals surface area contributed by atoms with Crippen LogP contribution in [0.5, 0.6) is 0 Å². The van der Waals surface area contributed by atoms with Crippen LogP contribution in [-0.4, -0.2) is 25.7 Å². The largest absolute Gasteiger partial charge is 0.382 e. The number of hydrogen-bond acceptors (Lipinski definition) is 5. The lowest BCUT2D eigenvalue weighted by Crippen LogP contribution is -2.25. The maximum absolute atomic E-state index is 12.5. The summed E-state index contributed by atoms with van der Waals surface area (Å²) in [6, 6.07) is 20.0. The Labute approximate surface area is 168 Å². The molecule has 29 heavy (non-hydrogen) atoms. The molecule has 1 amide bonds. The molecule has 0 aliphatic rings. The number of anilines is 1. The van der Waals surface area contributed by atoms with Gasteiger partial charge in [-0.2, -0.15) is 5.10 Å². The quantitative estimate of drug-likeness (QED) is 0.533. The van der Waals surface area contributed by atoms with Crippen LogP contribution < -0.4 is 11.1 Å². The molecular formula is C22H20N6O. The lowest BCUT2D eigenvalue weighted by atomic mass is 10.1. The summed E-state index contributed by atoms with van der Waals surface area (Å²) < 4.78 is 1.88. The molecule has 3 N–H and O–H groups in total. The van der Waals surface area contributed by atoms with Crippen LogP contribution in [0.1, 0.15) is 21.6 Å². The number of carbonyl (C=O) groups is 1. The fraction of sp³-hybridized carbons (Fsp3) is 0.0909. The molecule has 2 heterocycles. The summed E-state index contributed by atoms with van der Waals surface area (Å²) in [6.45, 7) is 0.944. The second-order valence-electron chi connectivity index (χ2n) is 6.53. The first-order chi connectivity index (χ1) is 14.2. The third kappa shape index (κ3) is 4.30. The molecule has 0 aliphatic heterocycles. The summed E-state index contributed by atoms with van der Waals surface area (Å²) >= 11 is 0. The van der Waals surface area contributed by atoms with Crippen LogP contribution in [0.25, 0.3) is 11.3 Å². The third-order valence-electron chi connectivity index (χ3n) is 4.45. The Morgan fingerprint density at radius 2 is 1.66 bits per heavy atom. The smallest absolute Gasteiger partial charge is 0.273 e. The van der Waals surface area contributed by atoms with Crippen LogP contribution in [0, 0.1) is 0 Å². The highest BCUT2D eigenvalue weighted by molar-refractivity contribution is 5.96. The predicted octanol–water partition coefficient (Wildman–Crippen LogP) is 2.90. The number of nitrogens with one attached hydrogen (secondary N) is 1. The molecule has 4 aromatic rings. The van der Waals surface area contributed by atoms with Crippen molar-refractivity contribution in [3.63, 3.8) is 0 Å². The Morgan fingerprint density at radius 3 is 2.38 bits per heavy atom. The summed E-state index contributed by atoms with van der Waals surface area (Å²) in [5.74, 6) is -0.265. The van der Waals surface area contributed by atoms with E-state index in [-0.39, 0.29) is 17.4 Å². The average molecular weight is 384 g/mol. The minimum absolute atomic E-state index is 0.105. The van der Waals surface area contributed by atoms with Gasteiger partial charge < -0.3 is 11.1 Å². The maximum atomic E-state index is 12.5. The van der Waals surface area contributed by atoms with E-state index in [9.17, 15) is 4.79 Å². The lowest BCUT2D eigenvalue weighted by molar-refractivity contribution is 0.0946. The van der Waals surface area contributed by atoms with Crippen LogP contribution in [0.3, 0.4) is 0 Å². The van der Waals surface area contributed by atoms with Gasteiger partial charge in [0, 0.05) is 36.3 Å². The standard InChI is InChI=1S/C22H20N6O/c23-21-20(24-11-12-25-21)22(29)26-13-18-15-28(14-16-7-3-1-4-8-16)27-19(18)17-9-5-2-6-10-17/h1-12,15H,13-14H2,(H2,23,25)(H,26,29). The van der Waals surface area contributed by atoms with Gasteiger partial charge >= 0.3 is 0 Å². The second kappa shape index (κ2) is 8.35. The van der Waals surface area contributed by atoms with Gasteiger partial charge in [0.15, 0.2) is 11.5 Å². The highest BCUT2D eigenvalue weighted by Gasteiger charge is 2.15. The van der Waals surface area contributed by atoms with Gasteiger partial charge in [0.05, 0.1) is 12.2 Å². The zero-order valence-corrected chi connectivity index (χ0v) is 15.7. The number of amides is 1. The zero-order chi connectivity index (χ0) is 20.1. The number of nitrogens with zero attached hydrogens (tertiary/aromatic N) is 4. The van der Waals surface area contributed by atoms with Gasteiger partial charge in [-0.15, -0.1) is 0 Å². The molecule has 144 valence electrons. The van der Waals surface area contributed by atoms with E-state index in [0.717, 1.165) is 22.4 Å².